The van der Waals surface area contributed by atoms with Crippen molar-refractivity contribution in [3.05, 3.63) is 59.7 Å². The molecule has 3 N–H and O–H groups in total. The second kappa shape index (κ2) is 8.89. The quantitative estimate of drug-likeness (QED) is 0.596. The number of benzene rings is 2. The first-order valence-electron chi connectivity index (χ1n) is 11.3. The van der Waals surface area contributed by atoms with Gasteiger partial charge in [0.05, 0.1) is 0 Å². The summed E-state index contributed by atoms with van der Waals surface area (Å²) < 4.78 is 5.53. The molecule has 0 spiro atoms. The maximum absolute atomic E-state index is 12.4. The van der Waals surface area contributed by atoms with Gasteiger partial charge in [-0.25, -0.2) is 9.59 Å². The Hall–Kier alpha value is -3.35. The second-order valence-electron chi connectivity index (χ2n) is 9.95. The molecule has 0 saturated heterocycles. The fourth-order valence-electron chi connectivity index (χ4n) is 4.56. The fourth-order valence-corrected chi connectivity index (χ4v) is 4.56. The van der Waals surface area contributed by atoms with E-state index in [1.807, 2.05) is 24.3 Å². The molecule has 1 fully saturated rings. The van der Waals surface area contributed by atoms with Gasteiger partial charge in [-0.2, -0.15) is 0 Å². The zero-order chi connectivity index (χ0) is 23.8. The lowest BCUT2D eigenvalue weighted by Crippen LogP contribution is -2.49. The van der Waals surface area contributed by atoms with Crippen molar-refractivity contribution in [3.63, 3.8) is 0 Å². The standard InChI is InChI=1S/C26H30N2O5/c1-26(2,3)22(24(30)31)28-23(29)20-12-15(20)13-27-25(32)33-14-21-18-10-6-4-8-16(18)17-9-5-7-11-19(17)21/h4-11,15,20-22H,12-14H2,1-3H3,(H,27,32)(H,28,29)(H,30,31)/t15-,20-,22?/m0/s1. The van der Waals surface area contributed by atoms with Crippen LogP contribution in [0.1, 0.15) is 44.2 Å². The Morgan fingerprint density at radius 3 is 2.15 bits per heavy atom. The van der Waals surface area contributed by atoms with E-state index in [-0.39, 0.29) is 30.3 Å². The molecular formula is C26H30N2O5. The van der Waals surface area contributed by atoms with E-state index in [0.29, 0.717) is 13.0 Å². The van der Waals surface area contributed by atoms with Crippen molar-refractivity contribution in [1.82, 2.24) is 10.6 Å². The molecule has 7 nitrogen and oxygen atoms in total. The molecule has 1 unspecified atom stereocenters. The summed E-state index contributed by atoms with van der Waals surface area (Å²) in [6.45, 7) is 5.88. The van der Waals surface area contributed by atoms with Gasteiger partial charge >= 0.3 is 12.1 Å². The first kappa shape index (κ1) is 22.8. The van der Waals surface area contributed by atoms with Crippen molar-refractivity contribution in [2.45, 2.75) is 39.2 Å². The SMILES string of the molecule is CC(C)(C)C(NC(=O)[C@H]1C[C@H]1CNC(=O)OCC1c2ccccc2-c2ccccc21)C(=O)O. The number of carbonyl (C=O) groups excluding carboxylic acids is 2. The summed E-state index contributed by atoms with van der Waals surface area (Å²) in [5, 5.41) is 14.8. The molecule has 2 aliphatic rings. The van der Waals surface area contributed by atoms with E-state index in [9.17, 15) is 19.5 Å². The highest BCUT2D eigenvalue weighted by Crippen LogP contribution is 2.44. The van der Waals surface area contributed by atoms with E-state index in [2.05, 4.69) is 34.9 Å². The van der Waals surface area contributed by atoms with Gasteiger partial charge in [0.15, 0.2) is 0 Å². The summed E-state index contributed by atoms with van der Waals surface area (Å²) in [6.07, 6.45) is 0.104. The molecule has 0 radical (unpaired) electrons. The molecular weight excluding hydrogens is 420 g/mol. The highest BCUT2D eigenvalue weighted by molar-refractivity contribution is 5.87. The molecule has 174 valence electrons. The molecule has 2 amide bonds. The summed E-state index contributed by atoms with van der Waals surface area (Å²) in [7, 11) is 0. The molecule has 2 aromatic rings. The normalized spacial score (nSPS) is 19.7. The lowest BCUT2D eigenvalue weighted by molar-refractivity contribution is -0.145. The third kappa shape index (κ3) is 4.87. The average molecular weight is 451 g/mol. The van der Waals surface area contributed by atoms with Crippen LogP contribution in [0.2, 0.25) is 0 Å². The van der Waals surface area contributed by atoms with Crippen molar-refractivity contribution in [3.8, 4) is 11.1 Å². The second-order valence-corrected chi connectivity index (χ2v) is 9.95. The van der Waals surface area contributed by atoms with Gasteiger partial charge < -0.3 is 20.5 Å². The lowest BCUT2D eigenvalue weighted by atomic mass is 9.86. The van der Waals surface area contributed by atoms with Gasteiger partial charge in [-0.1, -0.05) is 69.3 Å². The van der Waals surface area contributed by atoms with Crippen LogP contribution in [0.3, 0.4) is 0 Å². The van der Waals surface area contributed by atoms with Crippen molar-refractivity contribution < 1.29 is 24.2 Å². The summed E-state index contributed by atoms with van der Waals surface area (Å²) >= 11 is 0. The molecule has 4 rings (SSSR count). The molecule has 0 heterocycles. The van der Waals surface area contributed by atoms with E-state index in [1.54, 1.807) is 20.8 Å². The van der Waals surface area contributed by atoms with Crippen LogP contribution in [0.5, 0.6) is 0 Å². The maximum atomic E-state index is 12.4. The largest absolute Gasteiger partial charge is 0.480 e. The van der Waals surface area contributed by atoms with Crippen LogP contribution in [0.25, 0.3) is 11.1 Å². The lowest BCUT2D eigenvalue weighted by Gasteiger charge is -2.27. The summed E-state index contributed by atoms with van der Waals surface area (Å²) in [5.74, 6) is -1.64. The van der Waals surface area contributed by atoms with Gasteiger partial charge in [0.25, 0.3) is 0 Å². The van der Waals surface area contributed by atoms with Crippen molar-refractivity contribution in [2.24, 2.45) is 17.3 Å². The van der Waals surface area contributed by atoms with Gasteiger partial charge in [-0.15, -0.1) is 0 Å². The van der Waals surface area contributed by atoms with Crippen molar-refractivity contribution >= 4 is 18.0 Å². The predicted octanol–water partition coefficient (Wildman–Crippen LogP) is 3.78. The van der Waals surface area contributed by atoms with Gasteiger partial charge in [-0.3, -0.25) is 4.79 Å². The highest BCUT2D eigenvalue weighted by Gasteiger charge is 2.45. The predicted molar refractivity (Wildman–Crippen MR) is 124 cm³/mol. The van der Waals surface area contributed by atoms with Crippen LogP contribution in [0.15, 0.2) is 48.5 Å². The van der Waals surface area contributed by atoms with Crippen LogP contribution in [-0.4, -0.2) is 42.3 Å². The number of aliphatic carboxylic acids is 1. The third-order valence-corrected chi connectivity index (χ3v) is 6.51. The van der Waals surface area contributed by atoms with Gasteiger partial charge in [0.2, 0.25) is 5.91 Å². The van der Waals surface area contributed by atoms with Crippen LogP contribution in [0.4, 0.5) is 4.79 Å². The smallest absolute Gasteiger partial charge is 0.407 e. The molecule has 2 aliphatic carbocycles. The average Bonchev–Trinajstić information content (AvgIpc) is 3.48. The van der Waals surface area contributed by atoms with Gasteiger partial charge in [0, 0.05) is 18.4 Å². The molecule has 2 aromatic carbocycles. The number of hydrogen-bond acceptors (Lipinski definition) is 4. The minimum atomic E-state index is -1.05. The van der Waals surface area contributed by atoms with E-state index in [4.69, 9.17) is 4.74 Å². The van der Waals surface area contributed by atoms with Gasteiger partial charge in [0.1, 0.15) is 12.6 Å². The summed E-state index contributed by atoms with van der Waals surface area (Å²) in [5.41, 5.74) is 4.05. The Bertz CT molecular complexity index is 1030. The van der Waals surface area contributed by atoms with Crippen LogP contribution in [0, 0.1) is 17.3 Å². The Labute approximate surface area is 193 Å². The van der Waals surface area contributed by atoms with Crippen LogP contribution in [-0.2, 0) is 14.3 Å². The third-order valence-electron chi connectivity index (χ3n) is 6.51. The molecule has 7 heteroatoms. The number of amides is 2. The topological polar surface area (TPSA) is 105 Å². The zero-order valence-corrected chi connectivity index (χ0v) is 19.1. The molecule has 0 bridgehead atoms. The number of hydrogen-bond donors (Lipinski definition) is 3. The van der Waals surface area contributed by atoms with Gasteiger partial charge in [-0.05, 0) is 40.0 Å². The maximum Gasteiger partial charge on any atom is 0.407 e. The molecule has 33 heavy (non-hydrogen) atoms. The number of carbonyl (C=O) groups is 3. The zero-order valence-electron chi connectivity index (χ0n) is 19.1. The Balaban J connectivity index is 1.26. The van der Waals surface area contributed by atoms with E-state index >= 15 is 0 Å². The summed E-state index contributed by atoms with van der Waals surface area (Å²) in [4.78, 5) is 36.2. The Kier molecular flexibility index (Phi) is 6.15. The number of carboxylic acids is 1. The number of nitrogens with one attached hydrogen (secondary N) is 2. The number of ether oxygens (including phenoxy) is 1. The first-order chi connectivity index (χ1) is 15.7. The Morgan fingerprint density at radius 2 is 1.61 bits per heavy atom. The van der Waals surface area contributed by atoms with E-state index in [1.165, 1.54) is 11.1 Å². The molecule has 0 aromatic heterocycles. The molecule has 0 aliphatic heterocycles. The number of rotatable bonds is 7. The molecule has 3 atom stereocenters. The number of fused-ring (bicyclic) bond motifs is 3. The Morgan fingerprint density at radius 1 is 1.03 bits per heavy atom. The van der Waals surface area contributed by atoms with Crippen LogP contribution >= 0.6 is 0 Å². The highest BCUT2D eigenvalue weighted by atomic mass is 16.5. The van der Waals surface area contributed by atoms with Crippen LogP contribution < -0.4 is 10.6 Å². The minimum Gasteiger partial charge on any atom is -0.480 e. The van der Waals surface area contributed by atoms with E-state index in [0.717, 1.165) is 11.1 Å². The van der Waals surface area contributed by atoms with Crippen molar-refractivity contribution in [2.75, 3.05) is 13.2 Å². The minimum absolute atomic E-state index is 0.00653. The fraction of sp³-hybridized carbons (Fsp3) is 0.423. The first-order valence-corrected chi connectivity index (χ1v) is 11.3. The summed E-state index contributed by atoms with van der Waals surface area (Å²) in [6, 6.07) is 15.3. The van der Waals surface area contributed by atoms with Crippen molar-refractivity contribution in [1.29, 1.82) is 0 Å². The number of carboxylic acid groups (broad SMARTS) is 1. The monoisotopic (exact) mass is 450 g/mol. The number of alkyl carbamates (subject to hydrolysis) is 1. The van der Waals surface area contributed by atoms with E-state index < -0.39 is 23.5 Å². The molecule has 1 saturated carbocycles.